The van der Waals surface area contributed by atoms with Crippen molar-refractivity contribution in [2.24, 2.45) is 12.8 Å². The predicted molar refractivity (Wildman–Crippen MR) is 94.2 cm³/mol. The molecule has 0 amide bonds. The molecule has 120 valence electrons. The van der Waals surface area contributed by atoms with Crippen LogP contribution in [0.1, 0.15) is 5.56 Å². The molecule has 1 aromatic heterocycles. The Bertz CT molecular complexity index is 837. The van der Waals surface area contributed by atoms with Crippen LogP contribution in [0.5, 0.6) is 11.5 Å². The van der Waals surface area contributed by atoms with Gasteiger partial charge in [0.25, 0.3) is 0 Å². The Morgan fingerprint density at radius 1 is 1.04 bits per heavy atom. The topological polar surface area (TPSA) is 49.4 Å². The van der Waals surface area contributed by atoms with Gasteiger partial charge in [-0.05, 0) is 36.7 Å². The lowest BCUT2D eigenvalue weighted by Crippen LogP contribution is -2.04. The first-order valence-electron chi connectivity index (χ1n) is 7.69. The summed E-state index contributed by atoms with van der Waals surface area (Å²) in [6.45, 7) is 0.602. The van der Waals surface area contributed by atoms with Gasteiger partial charge in [-0.15, -0.1) is 0 Å². The van der Waals surface area contributed by atoms with Crippen LogP contribution in [0.15, 0.2) is 42.6 Å². The summed E-state index contributed by atoms with van der Waals surface area (Å²) in [5.41, 5.74) is 10.2. The summed E-state index contributed by atoms with van der Waals surface area (Å²) in [4.78, 5) is 0. The molecule has 2 aromatic carbocycles. The van der Waals surface area contributed by atoms with Gasteiger partial charge < -0.3 is 19.8 Å². The lowest BCUT2D eigenvalue weighted by Gasteiger charge is -2.15. The first kappa shape index (κ1) is 15.4. The van der Waals surface area contributed by atoms with Gasteiger partial charge in [0.1, 0.15) is 0 Å². The number of nitrogens with two attached hydrogens (primary N) is 1. The van der Waals surface area contributed by atoms with Crippen molar-refractivity contribution in [3.05, 3.63) is 48.2 Å². The van der Waals surface area contributed by atoms with Crippen molar-refractivity contribution in [3.63, 3.8) is 0 Å². The number of rotatable bonds is 5. The second kappa shape index (κ2) is 6.34. The van der Waals surface area contributed by atoms with Gasteiger partial charge in [0, 0.05) is 35.3 Å². The first-order chi connectivity index (χ1) is 11.2. The molecule has 3 aromatic rings. The van der Waals surface area contributed by atoms with E-state index in [4.69, 9.17) is 15.2 Å². The molecule has 0 aliphatic carbocycles. The zero-order valence-electron chi connectivity index (χ0n) is 13.8. The summed E-state index contributed by atoms with van der Waals surface area (Å²) < 4.78 is 13.3. The molecule has 0 saturated carbocycles. The zero-order valence-corrected chi connectivity index (χ0v) is 13.8. The minimum atomic E-state index is 0.602. The molecule has 4 heteroatoms. The molecule has 0 fully saturated rings. The molecular formula is C19H22N2O2. The van der Waals surface area contributed by atoms with Crippen molar-refractivity contribution < 1.29 is 9.47 Å². The van der Waals surface area contributed by atoms with Crippen LogP contribution in [0.4, 0.5) is 0 Å². The third kappa shape index (κ3) is 2.66. The fourth-order valence-corrected chi connectivity index (χ4v) is 3.09. The third-order valence-electron chi connectivity index (χ3n) is 4.16. The lowest BCUT2D eigenvalue weighted by molar-refractivity contribution is 0.356. The number of hydrogen-bond donors (Lipinski definition) is 1. The van der Waals surface area contributed by atoms with Crippen LogP contribution in [-0.4, -0.2) is 25.3 Å². The SMILES string of the molecule is COc1cc(CCN)cc(-c2cn(C)c3ccccc23)c1OC. The smallest absolute Gasteiger partial charge is 0.168 e. The molecule has 0 unspecified atom stereocenters. The van der Waals surface area contributed by atoms with Gasteiger partial charge in [-0.2, -0.15) is 0 Å². The van der Waals surface area contributed by atoms with Crippen LogP contribution in [0.2, 0.25) is 0 Å². The average Bonchev–Trinajstić information content (AvgIpc) is 2.91. The summed E-state index contributed by atoms with van der Waals surface area (Å²) in [6, 6.07) is 12.5. The van der Waals surface area contributed by atoms with Crippen LogP contribution in [0.3, 0.4) is 0 Å². The van der Waals surface area contributed by atoms with E-state index in [0.29, 0.717) is 6.54 Å². The first-order valence-corrected chi connectivity index (χ1v) is 7.69. The normalized spacial score (nSPS) is 11.0. The van der Waals surface area contributed by atoms with Gasteiger partial charge in [-0.1, -0.05) is 18.2 Å². The molecule has 0 spiro atoms. The molecule has 1 heterocycles. The van der Waals surface area contributed by atoms with E-state index in [1.54, 1.807) is 14.2 Å². The Balaban J connectivity index is 2.30. The van der Waals surface area contributed by atoms with E-state index in [9.17, 15) is 0 Å². The van der Waals surface area contributed by atoms with Crippen molar-refractivity contribution >= 4 is 10.9 Å². The van der Waals surface area contributed by atoms with Gasteiger partial charge in [-0.25, -0.2) is 0 Å². The minimum Gasteiger partial charge on any atom is -0.493 e. The number of para-hydroxylation sites is 1. The van der Waals surface area contributed by atoms with Crippen LogP contribution < -0.4 is 15.2 Å². The van der Waals surface area contributed by atoms with Gasteiger partial charge in [0.05, 0.1) is 14.2 Å². The lowest BCUT2D eigenvalue weighted by atomic mass is 9.99. The zero-order chi connectivity index (χ0) is 16.4. The fraction of sp³-hybridized carbons (Fsp3) is 0.263. The number of benzene rings is 2. The molecule has 0 bridgehead atoms. The molecule has 0 atom stereocenters. The highest BCUT2D eigenvalue weighted by atomic mass is 16.5. The highest BCUT2D eigenvalue weighted by Crippen LogP contribution is 2.42. The number of ether oxygens (including phenoxy) is 2. The third-order valence-corrected chi connectivity index (χ3v) is 4.16. The van der Waals surface area contributed by atoms with E-state index in [1.807, 2.05) is 6.07 Å². The molecule has 0 aliphatic rings. The molecule has 23 heavy (non-hydrogen) atoms. The number of fused-ring (bicyclic) bond motifs is 1. The summed E-state index contributed by atoms with van der Waals surface area (Å²) in [6.07, 6.45) is 2.94. The van der Waals surface area contributed by atoms with E-state index < -0.39 is 0 Å². The standard InChI is InChI=1S/C19H22N2O2/c1-21-12-16(14-6-4-5-7-17(14)21)15-10-13(8-9-20)11-18(22-2)19(15)23-3/h4-7,10-12H,8-9,20H2,1-3H3. The number of aromatic nitrogens is 1. The largest absolute Gasteiger partial charge is 0.493 e. The highest BCUT2D eigenvalue weighted by molar-refractivity contribution is 5.98. The van der Waals surface area contributed by atoms with E-state index >= 15 is 0 Å². The number of methoxy groups -OCH3 is 2. The molecule has 0 saturated heterocycles. The van der Waals surface area contributed by atoms with E-state index in [2.05, 4.69) is 48.1 Å². The van der Waals surface area contributed by atoms with Crippen LogP contribution in [0, 0.1) is 0 Å². The van der Waals surface area contributed by atoms with Gasteiger partial charge in [-0.3, -0.25) is 0 Å². The highest BCUT2D eigenvalue weighted by Gasteiger charge is 2.17. The van der Waals surface area contributed by atoms with Crippen molar-refractivity contribution in [2.75, 3.05) is 20.8 Å². The second-order valence-electron chi connectivity index (χ2n) is 5.59. The Morgan fingerprint density at radius 2 is 1.83 bits per heavy atom. The van der Waals surface area contributed by atoms with Gasteiger partial charge in [0.15, 0.2) is 11.5 Å². The van der Waals surface area contributed by atoms with E-state index in [1.165, 1.54) is 10.9 Å². The second-order valence-corrected chi connectivity index (χ2v) is 5.59. The van der Waals surface area contributed by atoms with Crippen molar-refractivity contribution in [3.8, 4) is 22.6 Å². The maximum absolute atomic E-state index is 5.73. The van der Waals surface area contributed by atoms with Crippen molar-refractivity contribution in [2.45, 2.75) is 6.42 Å². The van der Waals surface area contributed by atoms with Crippen molar-refractivity contribution in [1.82, 2.24) is 4.57 Å². The summed E-state index contributed by atoms with van der Waals surface area (Å²) in [7, 11) is 5.39. The molecule has 0 aliphatic heterocycles. The molecule has 4 nitrogen and oxygen atoms in total. The van der Waals surface area contributed by atoms with Gasteiger partial charge in [0.2, 0.25) is 0 Å². The number of aryl methyl sites for hydroxylation is 1. The number of nitrogens with zero attached hydrogens (tertiary/aromatic N) is 1. The van der Waals surface area contributed by atoms with E-state index in [-0.39, 0.29) is 0 Å². The average molecular weight is 310 g/mol. The molecule has 3 rings (SSSR count). The van der Waals surface area contributed by atoms with Crippen LogP contribution >= 0.6 is 0 Å². The Hall–Kier alpha value is -2.46. The minimum absolute atomic E-state index is 0.602. The summed E-state index contributed by atoms with van der Waals surface area (Å²) in [5, 5.41) is 1.19. The van der Waals surface area contributed by atoms with E-state index in [0.717, 1.165) is 34.6 Å². The van der Waals surface area contributed by atoms with Crippen LogP contribution in [0.25, 0.3) is 22.0 Å². The fourth-order valence-electron chi connectivity index (χ4n) is 3.09. The monoisotopic (exact) mass is 310 g/mol. The Labute approximate surface area is 136 Å². The molecular weight excluding hydrogens is 288 g/mol. The molecule has 0 radical (unpaired) electrons. The summed E-state index contributed by atoms with van der Waals surface area (Å²) in [5.74, 6) is 1.49. The van der Waals surface area contributed by atoms with Crippen molar-refractivity contribution in [1.29, 1.82) is 0 Å². The summed E-state index contributed by atoms with van der Waals surface area (Å²) >= 11 is 0. The maximum Gasteiger partial charge on any atom is 0.168 e. The van der Waals surface area contributed by atoms with Gasteiger partial charge >= 0.3 is 0 Å². The maximum atomic E-state index is 5.73. The Morgan fingerprint density at radius 3 is 2.52 bits per heavy atom. The Kier molecular flexibility index (Phi) is 4.26. The number of hydrogen-bond acceptors (Lipinski definition) is 3. The quantitative estimate of drug-likeness (QED) is 0.786. The molecule has 2 N–H and O–H groups in total. The predicted octanol–water partition coefficient (Wildman–Crippen LogP) is 3.36. The van der Waals surface area contributed by atoms with Crippen LogP contribution in [-0.2, 0) is 13.5 Å².